The average molecular weight is 669 g/mol. The highest BCUT2D eigenvalue weighted by Crippen LogP contribution is 2.57. The fourth-order valence-corrected chi connectivity index (χ4v) is 7.07. The van der Waals surface area contributed by atoms with Crippen LogP contribution in [0.15, 0.2) is 69.6 Å². The molecular formula is C34H39Br2NO3. The highest BCUT2D eigenvalue weighted by Gasteiger charge is 2.46. The number of phenols is 1. The number of aromatic hydroxyl groups is 1. The van der Waals surface area contributed by atoms with Gasteiger partial charge in [0.05, 0.1) is 0 Å². The van der Waals surface area contributed by atoms with E-state index in [1.54, 1.807) is 0 Å². The van der Waals surface area contributed by atoms with Crippen LogP contribution in [0.25, 0.3) is 16.7 Å². The summed E-state index contributed by atoms with van der Waals surface area (Å²) in [6.07, 6.45) is 6.35. The summed E-state index contributed by atoms with van der Waals surface area (Å²) in [5.74, 6) is -1.11. The van der Waals surface area contributed by atoms with Crippen LogP contribution >= 0.6 is 31.9 Å². The van der Waals surface area contributed by atoms with Gasteiger partial charge in [0.25, 0.3) is 0 Å². The molecule has 4 rings (SSSR count). The third kappa shape index (κ3) is 5.89. The number of anilines is 1. The molecule has 1 aliphatic carbocycles. The van der Waals surface area contributed by atoms with Crippen LogP contribution in [0.4, 0.5) is 5.69 Å². The molecular weight excluding hydrogens is 630 g/mol. The van der Waals surface area contributed by atoms with E-state index in [1.165, 1.54) is 6.08 Å². The Morgan fingerprint density at radius 3 is 1.90 bits per heavy atom. The zero-order valence-electron chi connectivity index (χ0n) is 23.8. The molecule has 0 saturated heterocycles. The Bertz CT molecular complexity index is 1350. The molecule has 0 fully saturated rings. The van der Waals surface area contributed by atoms with E-state index in [2.05, 4.69) is 101 Å². The summed E-state index contributed by atoms with van der Waals surface area (Å²) in [4.78, 5) is 14.6. The molecule has 3 aromatic rings. The van der Waals surface area contributed by atoms with Gasteiger partial charge in [0.1, 0.15) is 5.75 Å². The molecule has 6 heteroatoms. The van der Waals surface area contributed by atoms with Crippen LogP contribution in [0.5, 0.6) is 5.75 Å². The Morgan fingerprint density at radius 2 is 1.45 bits per heavy atom. The van der Waals surface area contributed by atoms with Gasteiger partial charge in [-0.25, -0.2) is 4.79 Å². The number of benzene rings is 3. The first kappa shape index (κ1) is 30.4. The number of fused-ring (bicyclic) bond motifs is 3. The molecule has 0 heterocycles. The van der Waals surface area contributed by atoms with E-state index in [0.717, 1.165) is 75.7 Å². The molecule has 0 saturated carbocycles. The predicted molar refractivity (Wildman–Crippen MR) is 173 cm³/mol. The van der Waals surface area contributed by atoms with Crippen LogP contribution in [0, 0.1) is 5.92 Å². The maximum Gasteiger partial charge on any atom is 0.328 e. The number of hydrogen-bond donors (Lipinski definition) is 2. The molecule has 0 bridgehead atoms. The van der Waals surface area contributed by atoms with Crippen molar-refractivity contribution < 1.29 is 15.0 Å². The molecule has 4 nitrogen and oxygen atoms in total. The third-order valence-electron chi connectivity index (χ3n) is 8.35. The molecule has 1 aliphatic rings. The highest BCUT2D eigenvalue weighted by molar-refractivity contribution is 9.10. The van der Waals surface area contributed by atoms with E-state index in [0.29, 0.717) is 17.6 Å². The number of hydrogen-bond acceptors (Lipinski definition) is 3. The third-order valence-corrected chi connectivity index (χ3v) is 9.34. The Kier molecular flexibility index (Phi) is 9.84. The zero-order valence-corrected chi connectivity index (χ0v) is 27.0. The molecule has 1 unspecified atom stereocenters. The lowest BCUT2D eigenvalue weighted by Crippen LogP contribution is -2.32. The smallest absolute Gasteiger partial charge is 0.328 e. The first-order valence-electron chi connectivity index (χ1n) is 14.3. The van der Waals surface area contributed by atoms with Crippen molar-refractivity contribution in [1.29, 1.82) is 0 Å². The highest BCUT2D eigenvalue weighted by atomic mass is 79.9. The Hall–Kier alpha value is -2.57. The van der Waals surface area contributed by atoms with Gasteiger partial charge < -0.3 is 15.1 Å². The predicted octanol–water partition coefficient (Wildman–Crippen LogP) is 9.80. The minimum atomic E-state index is -1.02. The SMILES string of the molecule is CCCCN(CCCC)c1ccc(/C(=C/C(=O)O)C(CC)C2(C)c3cc(Br)ccc3-c3ccc(Br)cc32)c(O)c1. The number of carboxylic acids is 1. The second-order valence-corrected chi connectivity index (χ2v) is 12.7. The summed E-state index contributed by atoms with van der Waals surface area (Å²) in [5.41, 5.74) is 6.28. The molecule has 0 aromatic heterocycles. The van der Waals surface area contributed by atoms with Crippen molar-refractivity contribution in [2.45, 2.75) is 65.2 Å². The van der Waals surface area contributed by atoms with Crippen molar-refractivity contribution in [3.05, 3.63) is 86.3 Å². The molecule has 2 N–H and O–H groups in total. The largest absolute Gasteiger partial charge is 0.507 e. The lowest BCUT2D eigenvalue weighted by Gasteiger charge is -2.38. The van der Waals surface area contributed by atoms with Gasteiger partial charge in [0.2, 0.25) is 0 Å². The van der Waals surface area contributed by atoms with Crippen LogP contribution in [0.3, 0.4) is 0 Å². The normalized spacial score (nSPS) is 14.5. The molecule has 0 spiro atoms. The number of nitrogens with zero attached hydrogens (tertiary/aromatic N) is 1. The Morgan fingerprint density at radius 1 is 0.900 bits per heavy atom. The number of phenolic OH excluding ortho intramolecular Hbond substituents is 1. The molecule has 40 heavy (non-hydrogen) atoms. The first-order chi connectivity index (χ1) is 19.1. The van der Waals surface area contributed by atoms with Gasteiger partial charge >= 0.3 is 5.97 Å². The van der Waals surface area contributed by atoms with Crippen LogP contribution in [-0.4, -0.2) is 29.3 Å². The number of carboxylic acid groups (broad SMARTS) is 1. The maximum absolute atomic E-state index is 12.3. The second kappa shape index (κ2) is 12.9. The van der Waals surface area contributed by atoms with E-state index in [1.807, 2.05) is 18.2 Å². The van der Waals surface area contributed by atoms with Gasteiger partial charge in [-0.3, -0.25) is 0 Å². The van der Waals surface area contributed by atoms with Gasteiger partial charge in [0, 0.05) is 50.8 Å². The summed E-state index contributed by atoms with van der Waals surface area (Å²) in [5, 5.41) is 21.5. The lowest BCUT2D eigenvalue weighted by molar-refractivity contribution is -0.131. The Balaban J connectivity index is 1.87. The standard InChI is InChI=1S/C34H39Br2NO3/c1-5-8-16-37(17-9-6-2)24-12-15-27(32(38)20-24)28(21-33(39)40)29(7-3)34(4)30-18-22(35)10-13-25(30)26-14-11-23(36)19-31(26)34/h10-15,18-21,29,38H,5-9,16-17H2,1-4H3,(H,39,40)/b28-21-. The first-order valence-corrected chi connectivity index (χ1v) is 15.9. The number of aliphatic carboxylic acids is 1. The fourth-order valence-electron chi connectivity index (χ4n) is 6.35. The monoisotopic (exact) mass is 667 g/mol. The summed E-state index contributed by atoms with van der Waals surface area (Å²) in [6, 6.07) is 18.5. The van der Waals surface area contributed by atoms with Crippen molar-refractivity contribution in [3.63, 3.8) is 0 Å². The molecule has 0 amide bonds. The zero-order chi connectivity index (χ0) is 29.0. The fraction of sp³-hybridized carbons (Fsp3) is 0.382. The van der Waals surface area contributed by atoms with Crippen molar-refractivity contribution >= 4 is 49.1 Å². The van der Waals surface area contributed by atoms with Crippen LogP contribution in [-0.2, 0) is 10.2 Å². The number of unbranched alkanes of at least 4 members (excludes halogenated alkanes) is 2. The summed E-state index contributed by atoms with van der Waals surface area (Å²) in [6.45, 7) is 10.5. The van der Waals surface area contributed by atoms with Crippen LogP contribution < -0.4 is 4.90 Å². The minimum Gasteiger partial charge on any atom is -0.507 e. The van der Waals surface area contributed by atoms with Crippen molar-refractivity contribution in [2.75, 3.05) is 18.0 Å². The van der Waals surface area contributed by atoms with Gasteiger partial charge in [-0.05, 0) is 89.4 Å². The number of allylic oxidation sites excluding steroid dienone is 1. The second-order valence-electron chi connectivity index (χ2n) is 10.9. The Labute approximate surface area is 255 Å². The van der Waals surface area contributed by atoms with Crippen molar-refractivity contribution in [2.24, 2.45) is 5.92 Å². The summed E-state index contributed by atoms with van der Waals surface area (Å²) >= 11 is 7.35. The van der Waals surface area contributed by atoms with E-state index in [4.69, 9.17) is 0 Å². The molecule has 212 valence electrons. The quantitative estimate of drug-likeness (QED) is 0.189. The van der Waals surface area contributed by atoms with Gasteiger partial charge in [-0.2, -0.15) is 0 Å². The molecule has 0 radical (unpaired) electrons. The van der Waals surface area contributed by atoms with E-state index >= 15 is 0 Å². The van der Waals surface area contributed by atoms with E-state index in [-0.39, 0.29) is 11.7 Å². The van der Waals surface area contributed by atoms with E-state index in [9.17, 15) is 15.0 Å². The molecule has 1 atom stereocenters. The average Bonchev–Trinajstić information content (AvgIpc) is 3.16. The van der Waals surface area contributed by atoms with Crippen LogP contribution in [0.2, 0.25) is 0 Å². The van der Waals surface area contributed by atoms with Gasteiger partial charge in [-0.1, -0.05) is 84.5 Å². The number of rotatable bonds is 12. The summed E-state index contributed by atoms with van der Waals surface area (Å²) in [7, 11) is 0. The maximum atomic E-state index is 12.3. The van der Waals surface area contributed by atoms with Crippen LogP contribution in [0.1, 0.15) is 76.5 Å². The van der Waals surface area contributed by atoms with Gasteiger partial charge in [-0.15, -0.1) is 0 Å². The minimum absolute atomic E-state index is 0.118. The number of halogens is 2. The van der Waals surface area contributed by atoms with Crippen molar-refractivity contribution in [3.8, 4) is 16.9 Å². The topological polar surface area (TPSA) is 60.8 Å². The number of carbonyl (C=O) groups is 1. The van der Waals surface area contributed by atoms with E-state index < -0.39 is 11.4 Å². The van der Waals surface area contributed by atoms with Crippen molar-refractivity contribution in [1.82, 2.24) is 0 Å². The molecule has 0 aliphatic heterocycles. The van der Waals surface area contributed by atoms with Gasteiger partial charge in [0.15, 0.2) is 0 Å². The lowest BCUT2D eigenvalue weighted by atomic mass is 9.64. The molecule has 3 aromatic carbocycles. The summed E-state index contributed by atoms with van der Waals surface area (Å²) < 4.78 is 1.96.